The van der Waals surface area contributed by atoms with Crippen LogP contribution in [0, 0.1) is 0 Å². The zero-order chi connectivity index (χ0) is 19.1. The summed E-state index contributed by atoms with van der Waals surface area (Å²) in [5.74, 6) is 0.832. The Bertz CT molecular complexity index is 859. The number of para-hydroxylation sites is 1. The highest BCUT2D eigenvalue weighted by Gasteiger charge is 2.10. The number of hydrogen-bond donors (Lipinski definition) is 1. The minimum Gasteiger partial charge on any atom is -0.497 e. The van der Waals surface area contributed by atoms with Crippen molar-refractivity contribution in [2.24, 2.45) is 0 Å². The molecule has 6 nitrogen and oxygen atoms in total. The molecule has 0 spiro atoms. The summed E-state index contributed by atoms with van der Waals surface area (Å²) in [5.41, 5.74) is 3.13. The van der Waals surface area contributed by atoms with E-state index in [-0.39, 0.29) is 6.03 Å². The van der Waals surface area contributed by atoms with Crippen LogP contribution in [0.3, 0.4) is 0 Å². The van der Waals surface area contributed by atoms with Gasteiger partial charge in [0.2, 0.25) is 0 Å². The second kappa shape index (κ2) is 8.89. The summed E-state index contributed by atoms with van der Waals surface area (Å²) >= 11 is 0. The molecular formula is C21H24N4O2. The van der Waals surface area contributed by atoms with Gasteiger partial charge in [0.25, 0.3) is 0 Å². The molecule has 0 aliphatic rings. The molecule has 0 aliphatic carbocycles. The summed E-state index contributed by atoms with van der Waals surface area (Å²) in [6.07, 6.45) is 4.50. The predicted octanol–water partition coefficient (Wildman–Crippen LogP) is 3.27. The zero-order valence-corrected chi connectivity index (χ0v) is 15.6. The van der Waals surface area contributed by atoms with Gasteiger partial charge in [-0.05, 0) is 36.2 Å². The van der Waals surface area contributed by atoms with Gasteiger partial charge in [0.1, 0.15) is 5.75 Å². The molecule has 2 amide bonds. The molecule has 140 valence electrons. The molecule has 3 aromatic rings. The van der Waals surface area contributed by atoms with Crippen LogP contribution in [0.1, 0.15) is 11.1 Å². The quantitative estimate of drug-likeness (QED) is 0.700. The first kappa shape index (κ1) is 18.5. The lowest BCUT2D eigenvalue weighted by Crippen LogP contribution is -2.37. The summed E-state index contributed by atoms with van der Waals surface area (Å²) in [5, 5.41) is 7.31. The molecule has 0 saturated carbocycles. The van der Waals surface area contributed by atoms with Crippen molar-refractivity contribution in [1.82, 2.24) is 20.0 Å². The highest BCUT2D eigenvalue weighted by atomic mass is 16.5. The molecule has 6 heteroatoms. The van der Waals surface area contributed by atoms with Crippen molar-refractivity contribution in [2.45, 2.75) is 13.0 Å². The number of amides is 2. The van der Waals surface area contributed by atoms with E-state index in [1.54, 1.807) is 25.3 Å². The Morgan fingerprint density at radius 1 is 1.11 bits per heavy atom. The van der Waals surface area contributed by atoms with Crippen molar-refractivity contribution >= 4 is 6.03 Å². The highest BCUT2D eigenvalue weighted by Crippen LogP contribution is 2.12. The zero-order valence-electron chi connectivity index (χ0n) is 15.6. The second-order valence-corrected chi connectivity index (χ2v) is 6.31. The van der Waals surface area contributed by atoms with E-state index >= 15 is 0 Å². The Hall–Kier alpha value is -3.28. The SMILES string of the molecule is COc1ccc(CCNC(=O)N(C)Cc2cnn(-c3ccccc3)c2)cc1. The fraction of sp³-hybridized carbons (Fsp3) is 0.238. The van der Waals surface area contributed by atoms with Crippen LogP contribution in [0.4, 0.5) is 4.79 Å². The van der Waals surface area contributed by atoms with E-state index in [2.05, 4.69) is 10.4 Å². The van der Waals surface area contributed by atoms with E-state index in [9.17, 15) is 4.79 Å². The van der Waals surface area contributed by atoms with Gasteiger partial charge in [-0.2, -0.15) is 5.10 Å². The first-order valence-corrected chi connectivity index (χ1v) is 8.86. The highest BCUT2D eigenvalue weighted by molar-refractivity contribution is 5.73. The summed E-state index contributed by atoms with van der Waals surface area (Å²) in [6, 6.07) is 17.7. The molecule has 3 rings (SSSR count). The average molecular weight is 364 g/mol. The van der Waals surface area contributed by atoms with E-state index in [4.69, 9.17) is 4.74 Å². The molecular weight excluding hydrogens is 340 g/mol. The predicted molar refractivity (Wildman–Crippen MR) is 105 cm³/mol. The maximum atomic E-state index is 12.3. The van der Waals surface area contributed by atoms with Crippen LogP contribution < -0.4 is 10.1 Å². The summed E-state index contributed by atoms with van der Waals surface area (Å²) < 4.78 is 6.96. The van der Waals surface area contributed by atoms with E-state index in [0.717, 1.165) is 29.0 Å². The van der Waals surface area contributed by atoms with Gasteiger partial charge in [0.15, 0.2) is 0 Å². The van der Waals surface area contributed by atoms with Gasteiger partial charge in [0, 0.05) is 25.4 Å². The molecule has 1 N–H and O–H groups in total. The van der Waals surface area contributed by atoms with Crippen LogP contribution in [0.2, 0.25) is 0 Å². The molecule has 0 unspecified atom stereocenters. The molecule has 0 radical (unpaired) electrons. The van der Waals surface area contributed by atoms with Gasteiger partial charge in [-0.1, -0.05) is 30.3 Å². The third kappa shape index (κ3) is 5.10. The van der Waals surface area contributed by atoms with E-state index < -0.39 is 0 Å². The monoisotopic (exact) mass is 364 g/mol. The molecule has 0 atom stereocenters. The molecule has 0 aliphatic heterocycles. The van der Waals surface area contributed by atoms with Gasteiger partial charge in [0.05, 0.1) is 25.5 Å². The van der Waals surface area contributed by atoms with E-state index in [1.165, 1.54) is 0 Å². The van der Waals surface area contributed by atoms with Crippen molar-refractivity contribution in [1.29, 1.82) is 0 Å². The largest absolute Gasteiger partial charge is 0.497 e. The van der Waals surface area contributed by atoms with Crippen molar-refractivity contribution in [2.75, 3.05) is 20.7 Å². The Labute approximate surface area is 159 Å². The van der Waals surface area contributed by atoms with Crippen LogP contribution in [-0.2, 0) is 13.0 Å². The topological polar surface area (TPSA) is 59.4 Å². The minimum atomic E-state index is -0.101. The normalized spacial score (nSPS) is 10.4. The third-order valence-electron chi connectivity index (χ3n) is 4.27. The molecule has 1 aromatic heterocycles. The number of hydrogen-bond acceptors (Lipinski definition) is 3. The fourth-order valence-electron chi connectivity index (χ4n) is 2.75. The number of methoxy groups -OCH3 is 1. The number of carbonyl (C=O) groups excluding carboxylic acids is 1. The number of carbonyl (C=O) groups is 1. The Balaban J connectivity index is 1.47. The summed E-state index contributed by atoms with van der Waals surface area (Å²) in [4.78, 5) is 13.9. The van der Waals surface area contributed by atoms with Crippen molar-refractivity contribution in [3.05, 3.63) is 78.1 Å². The van der Waals surface area contributed by atoms with Crippen LogP contribution in [0.5, 0.6) is 5.75 Å². The first-order valence-electron chi connectivity index (χ1n) is 8.86. The molecule has 2 aromatic carbocycles. The minimum absolute atomic E-state index is 0.101. The standard InChI is InChI=1S/C21H24N4O2/c1-24(15-18-14-23-25(16-18)19-6-4-3-5-7-19)21(26)22-13-12-17-8-10-20(27-2)11-9-17/h3-11,14,16H,12-13,15H2,1-2H3,(H,22,26). The second-order valence-electron chi connectivity index (χ2n) is 6.31. The van der Waals surface area contributed by atoms with Crippen molar-refractivity contribution in [3.8, 4) is 11.4 Å². The molecule has 27 heavy (non-hydrogen) atoms. The number of urea groups is 1. The Kier molecular flexibility index (Phi) is 6.10. The van der Waals surface area contributed by atoms with Gasteiger partial charge in [-0.25, -0.2) is 9.48 Å². The number of nitrogens with one attached hydrogen (secondary N) is 1. The van der Waals surface area contributed by atoms with Crippen LogP contribution in [-0.4, -0.2) is 41.4 Å². The van der Waals surface area contributed by atoms with Crippen molar-refractivity contribution in [3.63, 3.8) is 0 Å². The van der Waals surface area contributed by atoms with Gasteiger partial charge >= 0.3 is 6.03 Å². The fourth-order valence-corrected chi connectivity index (χ4v) is 2.75. The third-order valence-corrected chi connectivity index (χ3v) is 4.27. The summed E-state index contributed by atoms with van der Waals surface area (Å²) in [6.45, 7) is 1.08. The molecule has 0 bridgehead atoms. The Morgan fingerprint density at radius 2 is 1.85 bits per heavy atom. The van der Waals surface area contributed by atoms with Crippen LogP contribution >= 0.6 is 0 Å². The first-order chi connectivity index (χ1) is 13.2. The maximum Gasteiger partial charge on any atom is 0.317 e. The molecule has 0 saturated heterocycles. The number of benzene rings is 2. The maximum absolute atomic E-state index is 12.3. The lowest BCUT2D eigenvalue weighted by atomic mass is 10.1. The van der Waals surface area contributed by atoms with Crippen LogP contribution in [0.15, 0.2) is 67.0 Å². The lowest BCUT2D eigenvalue weighted by Gasteiger charge is -2.17. The van der Waals surface area contributed by atoms with Gasteiger partial charge in [-0.3, -0.25) is 0 Å². The number of rotatable bonds is 7. The Morgan fingerprint density at radius 3 is 2.56 bits per heavy atom. The smallest absolute Gasteiger partial charge is 0.317 e. The van der Waals surface area contributed by atoms with E-state index in [1.807, 2.05) is 65.5 Å². The lowest BCUT2D eigenvalue weighted by molar-refractivity contribution is 0.207. The number of nitrogens with zero attached hydrogens (tertiary/aromatic N) is 3. The van der Waals surface area contributed by atoms with Crippen molar-refractivity contribution < 1.29 is 9.53 Å². The average Bonchev–Trinajstić information content (AvgIpc) is 3.17. The van der Waals surface area contributed by atoms with Crippen LogP contribution in [0.25, 0.3) is 5.69 Å². The number of aromatic nitrogens is 2. The number of ether oxygens (including phenoxy) is 1. The molecule has 0 fully saturated rings. The van der Waals surface area contributed by atoms with Gasteiger partial charge in [-0.15, -0.1) is 0 Å². The van der Waals surface area contributed by atoms with E-state index in [0.29, 0.717) is 13.1 Å². The molecule has 1 heterocycles. The summed E-state index contributed by atoms with van der Waals surface area (Å²) in [7, 11) is 3.43. The van der Waals surface area contributed by atoms with Gasteiger partial charge < -0.3 is 15.0 Å².